The molecule has 0 spiro atoms. The lowest BCUT2D eigenvalue weighted by Crippen LogP contribution is -2.33. The maximum Gasteiger partial charge on any atom is 0.254 e. The van der Waals surface area contributed by atoms with Crippen molar-refractivity contribution in [2.24, 2.45) is 0 Å². The number of benzene rings is 3. The van der Waals surface area contributed by atoms with Crippen LogP contribution in [-0.4, -0.2) is 26.9 Å². The van der Waals surface area contributed by atoms with E-state index >= 15 is 0 Å². The highest BCUT2D eigenvalue weighted by molar-refractivity contribution is 5.95. The molecule has 0 radical (unpaired) electrons. The van der Waals surface area contributed by atoms with Gasteiger partial charge in [-0.15, -0.1) is 0 Å². The van der Waals surface area contributed by atoms with Crippen LogP contribution < -0.4 is 10.2 Å². The minimum Gasteiger partial charge on any atom is -0.489 e. The summed E-state index contributed by atoms with van der Waals surface area (Å²) in [6.07, 6.45) is -0.0141. The molecule has 4 aromatic rings. The molecule has 5 rings (SSSR count). The van der Waals surface area contributed by atoms with E-state index in [1.807, 2.05) is 61.5 Å². The molecule has 0 fully saturated rings. The highest BCUT2D eigenvalue weighted by Gasteiger charge is 2.35. The molecule has 176 valence electrons. The summed E-state index contributed by atoms with van der Waals surface area (Å²) in [5.74, 6) is -0.0626. The zero-order valence-electron chi connectivity index (χ0n) is 19.3. The van der Waals surface area contributed by atoms with Crippen molar-refractivity contribution in [3.05, 3.63) is 107 Å². The Hall–Kier alpha value is -4.23. The normalized spacial score (nSPS) is 14.6. The van der Waals surface area contributed by atoms with Gasteiger partial charge in [0.1, 0.15) is 12.4 Å². The Morgan fingerprint density at radius 3 is 2.60 bits per heavy atom. The molecule has 0 aliphatic carbocycles. The Kier molecular flexibility index (Phi) is 6.16. The number of amides is 2. The number of hydroxylamine groups is 1. The Morgan fingerprint density at radius 2 is 1.80 bits per heavy atom. The largest absolute Gasteiger partial charge is 0.489 e. The predicted molar refractivity (Wildman–Crippen MR) is 131 cm³/mol. The lowest BCUT2D eigenvalue weighted by molar-refractivity contribution is -0.130. The molecule has 1 atom stereocenters. The predicted octanol–water partition coefficient (Wildman–Crippen LogP) is 4.71. The fourth-order valence-corrected chi connectivity index (χ4v) is 4.65. The summed E-state index contributed by atoms with van der Waals surface area (Å²) >= 11 is 0. The van der Waals surface area contributed by atoms with Crippen molar-refractivity contribution in [3.8, 4) is 5.75 Å². The van der Waals surface area contributed by atoms with Crippen molar-refractivity contribution < 1.29 is 19.5 Å². The van der Waals surface area contributed by atoms with E-state index < -0.39 is 11.9 Å². The fourth-order valence-electron chi connectivity index (χ4n) is 4.65. The Morgan fingerprint density at radius 1 is 1.06 bits per heavy atom. The van der Waals surface area contributed by atoms with Crippen molar-refractivity contribution in [3.63, 3.8) is 0 Å². The number of aryl methyl sites for hydroxylation is 1. The fraction of sp³-hybridized carbons (Fsp3) is 0.179. The highest BCUT2D eigenvalue weighted by atomic mass is 16.5. The summed E-state index contributed by atoms with van der Waals surface area (Å²) in [4.78, 5) is 31.5. The van der Waals surface area contributed by atoms with E-state index in [9.17, 15) is 9.59 Å². The summed E-state index contributed by atoms with van der Waals surface area (Å²) in [5, 5.41) is 10.1. The summed E-state index contributed by atoms with van der Waals surface area (Å²) < 4.78 is 6.02. The first-order valence-electron chi connectivity index (χ1n) is 11.4. The molecule has 0 saturated heterocycles. The van der Waals surface area contributed by atoms with Gasteiger partial charge in [0.25, 0.3) is 5.91 Å². The first-order chi connectivity index (χ1) is 17.0. The minimum absolute atomic E-state index is 0.0141. The van der Waals surface area contributed by atoms with Gasteiger partial charge in [-0.25, -0.2) is 5.48 Å². The summed E-state index contributed by atoms with van der Waals surface area (Å²) in [6, 6.07) is 24.2. The van der Waals surface area contributed by atoms with E-state index in [0.717, 1.165) is 33.3 Å². The summed E-state index contributed by atoms with van der Waals surface area (Å²) in [7, 11) is 0. The number of nitrogens with one attached hydrogen (secondary N) is 1. The molecule has 1 unspecified atom stereocenters. The second-order valence-electron chi connectivity index (χ2n) is 8.64. The van der Waals surface area contributed by atoms with E-state index in [1.165, 1.54) is 0 Å². The average Bonchev–Trinajstić information content (AvgIpc) is 3.25. The second kappa shape index (κ2) is 9.56. The number of ether oxygens (including phenoxy) is 1. The van der Waals surface area contributed by atoms with Crippen molar-refractivity contribution in [2.45, 2.75) is 32.5 Å². The first kappa shape index (κ1) is 22.6. The summed E-state index contributed by atoms with van der Waals surface area (Å²) in [5.41, 5.74) is 7.01. The van der Waals surface area contributed by atoms with Gasteiger partial charge in [0.15, 0.2) is 0 Å². The average molecular weight is 468 g/mol. The molecule has 7 heteroatoms. The van der Waals surface area contributed by atoms with Gasteiger partial charge in [0, 0.05) is 28.8 Å². The van der Waals surface area contributed by atoms with Crippen LogP contribution in [-0.2, 0) is 17.9 Å². The van der Waals surface area contributed by atoms with Crippen LogP contribution in [0.3, 0.4) is 0 Å². The van der Waals surface area contributed by atoms with Crippen molar-refractivity contribution in [1.29, 1.82) is 0 Å². The van der Waals surface area contributed by atoms with E-state index in [2.05, 4.69) is 4.98 Å². The highest BCUT2D eigenvalue weighted by Crippen LogP contribution is 2.37. The smallest absolute Gasteiger partial charge is 0.254 e. The monoisotopic (exact) mass is 467 g/mol. The standard InChI is InChI=1S/C28H25N3O4/c1-18-14-21(23-7-4-5-9-25(23)29-18)17-35-22-12-10-19(11-13-22)28(33)31-16-20-6-2-3-8-24(20)26(31)15-27(32)30-34/h2-14,26,34H,15-17H2,1H3,(H,30,32). The quantitative estimate of drug-likeness (QED) is 0.316. The van der Waals surface area contributed by atoms with Crippen LogP contribution in [0.25, 0.3) is 10.9 Å². The maximum absolute atomic E-state index is 13.4. The molecule has 35 heavy (non-hydrogen) atoms. The Bertz CT molecular complexity index is 1400. The second-order valence-corrected chi connectivity index (χ2v) is 8.64. The SMILES string of the molecule is Cc1cc(COc2ccc(C(=O)N3Cc4ccccc4C3CC(=O)NO)cc2)c2ccccc2n1. The third kappa shape index (κ3) is 4.58. The molecule has 2 N–H and O–H groups in total. The van der Waals surface area contributed by atoms with Crippen LogP contribution in [0.5, 0.6) is 5.75 Å². The van der Waals surface area contributed by atoms with Crippen LogP contribution in [0.15, 0.2) is 78.9 Å². The molecule has 2 heterocycles. The lowest BCUT2D eigenvalue weighted by Gasteiger charge is -2.25. The number of hydrogen-bond acceptors (Lipinski definition) is 5. The molecule has 1 aliphatic rings. The van der Waals surface area contributed by atoms with Crippen LogP contribution in [0, 0.1) is 6.92 Å². The first-order valence-corrected chi connectivity index (χ1v) is 11.4. The number of carbonyl (C=O) groups excluding carboxylic acids is 2. The van der Waals surface area contributed by atoms with Gasteiger partial charge in [-0.1, -0.05) is 42.5 Å². The number of fused-ring (bicyclic) bond motifs is 2. The van der Waals surface area contributed by atoms with E-state index in [4.69, 9.17) is 9.94 Å². The number of para-hydroxylation sites is 1. The van der Waals surface area contributed by atoms with Gasteiger partial charge >= 0.3 is 0 Å². The van der Waals surface area contributed by atoms with Crippen LogP contribution in [0.2, 0.25) is 0 Å². The molecular weight excluding hydrogens is 442 g/mol. The Labute approximate surface area is 202 Å². The van der Waals surface area contributed by atoms with Crippen molar-refractivity contribution in [1.82, 2.24) is 15.4 Å². The zero-order valence-corrected chi connectivity index (χ0v) is 19.3. The number of hydrogen-bond donors (Lipinski definition) is 2. The maximum atomic E-state index is 13.4. The van der Waals surface area contributed by atoms with Gasteiger partial charge in [0.2, 0.25) is 5.91 Å². The number of nitrogens with zero attached hydrogens (tertiary/aromatic N) is 2. The molecule has 7 nitrogen and oxygen atoms in total. The minimum atomic E-state index is -0.535. The van der Waals surface area contributed by atoms with Crippen LogP contribution in [0.4, 0.5) is 0 Å². The van der Waals surface area contributed by atoms with E-state index in [1.54, 1.807) is 34.6 Å². The van der Waals surface area contributed by atoms with E-state index in [0.29, 0.717) is 24.5 Å². The number of carbonyl (C=O) groups is 2. The molecule has 3 aromatic carbocycles. The summed E-state index contributed by atoms with van der Waals surface area (Å²) in [6.45, 7) is 2.76. The molecule has 2 amide bonds. The van der Waals surface area contributed by atoms with Gasteiger partial charge in [-0.2, -0.15) is 0 Å². The van der Waals surface area contributed by atoms with Crippen LogP contribution in [0.1, 0.15) is 45.2 Å². The number of aromatic nitrogens is 1. The third-order valence-electron chi connectivity index (χ3n) is 6.32. The third-order valence-corrected chi connectivity index (χ3v) is 6.32. The lowest BCUT2D eigenvalue weighted by atomic mass is 10.0. The molecule has 1 aromatic heterocycles. The van der Waals surface area contributed by atoms with Crippen molar-refractivity contribution >= 4 is 22.7 Å². The van der Waals surface area contributed by atoms with E-state index in [-0.39, 0.29) is 12.3 Å². The number of rotatable bonds is 6. The zero-order chi connectivity index (χ0) is 24.4. The number of pyridine rings is 1. The molecule has 0 bridgehead atoms. The van der Waals surface area contributed by atoms with Gasteiger partial charge in [-0.3, -0.25) is 19.8 Å². The van der Waals surface area contributed by atoms with Crippen LogP contribution >= 0.6 is 0 Å². The molecular formula is C28H25N3O4. The van der Waals surface area contributed by atoms with Gasteiger partial charge < -0.3 is 9.64 Å². The molecule has 0 saturated carbocycles. The Balaban J connectivity index is 1.32. The van der Waals surface area contributed by atoms with Gasteiger partial charge in [-0.05, 0) is 54.4 Å². The van der Waals surface area contributed by atoms with Gasteiger partial charge in [0.05, 0.1) is 18.0 Å². The van der Waals surface area contributed by atoms with Crippen molar-refractivity contribution in [2.75, 3.05) is 0 Å². The molecule has 1 aliphatic heterocycles. The topological polar surface area (TPSA) is 91.8 Å².